The fourth-order valence-electron chi connectivity index (χ4n) is 2.30. The lowest BCUT2D eigenvalue weighted by Gasteiger charge is -2.15. The zero-order valence-corrected chi connectivity index (χ0v) is 11.9. The highest BCUT2D eigenvalue weighted by atomic mass is 19.1. The van der Waals surface area contributed by atoms with Gasteiger partial charge in [0.2, 0.25) is 0 Å². The molecule has 21 heavy (non-hydrogen) atoms. The van der Waals surface area contributed by atoms with Crippen LogP contribution in [0.4, 0.5) is 4.39 Å². The molecule has 6 heteroatoms. The average molecular weight is 289 g/mol. The number of nitrogens with one attached hydrogen (secondary N) is 1. The van der Waals surface area contributed by atoms with Gasteiger partial charge >= 0.3 is 11.8 Å². The minimum Gasteiger partial charge on any atom is -0.341 e. The number of hydrogen-bond acceptors (Lipinski definition) is 4. The fraction of sp³-hybridized carbons (Fsp3) is 0.400. The van der Waals surface area contributed by atoms with Crippen LogP contribution in [0, 0.1) is 12.7 Å². The van der Waals surface area contributed by atoms with Crippen LogP contribution in [0.15, 0.2) is 22.7 Å². The average Bonchev–Trinajstić information content (AvgIpc) is 3.16. The molecule has 5 nitrogen and oxygen atoms in total. The SMILES string of the molecule is Cc1cc(F)ccc1[C@H](C)NC(=O)c1nc(C2CC2)no1. The standard InChI is InChI=1S/C15H16FN3O2/c1-8-7-11(16)5-6-12(8)9(2)17-14(20)15-18-13(19-21-15)10-3-4-10/h5-7,9-10H,3-4H2,1-2H3,(H,17,20)/t9-/m0/s1. The smallest absolute Gasteiger partial charge is 0.315 e. The van der Waals surface area contributed by atoms with E-state index in [1.807, 2.05) is 6.92 Å². The molecule has 1 heterocycles. The van der Waals surface area contributed by atoms with Gasteiger partial charge in [0.1, 0.15) is 5.82 Å². The summed E-state index contributed by atoms with van der Waals surface area (Å²) in [6, 6.07) is 4.21. The van der Waals surface area contributed by atoms with Crippen molar-refractivity contribution in [3.8, 4) is 0 Å². The number of carbonyl (C=O) groups excluding carboxylic acids is 1. The van der Waals surface area contributed by atoms with Gasteiger partial charge in [-0.25, -0.2) is 4.39 Å². The Hall–Kier alpha value is -2.24. The molecule has 0 saturated heterocycles. The maximum absolute atomic E-state index is 13.1. The molecule has 1 aliphatic carbocycles. The van der Waals surface area contributed by atoms with Gasteiger partial charge in [0.15, 0.2) is 5.82 Å². The number of carbonyl (C=O) groups is 1. The van der Waals surface area contributed by atoms with E-state index >= 15 is 0 Å². The highest BCUT2D eigenvalue weighted by Crippen LogP contribution is 2.38. The molecule has 3 rings (SSSR count). The van der Waals surface area contributed by atoms with Crippen LogP contribution in [0.3, 0.4) is 0 Å². The Morgan fingerprint density at radius 2 is 2.24 bits per heavy atom. The number of hydrogen-bond donors (Lipinski definition) is 1. The Balaban J connectivity index is 1.70. The third kappa shape index (κ3) is 2.94. The summed E-state index contributed by atoms with van der Waals surface area (Å²) < 4.78 is 18.1. The normalized spacial score (nSPS) is 15.8. The van der Waals surface area contributed by atoms with E-state index in [2.05, 4.69) is 15.5 Å². The zero-order valence-electron chi connectivity index (χ0n) is 11.9. The molecule has 0 aliphatic heterocycles. The Bertz CT molecular complexity index is 679. The van der Waals surface area contributed by atoms with Crippen molar-refractivity contribution in [2.75, 3.05) is 0 Å². The summed E-state index contributed by atoms with van der Waals surface area (Å²) in [5.74, 6) is 0.215. The van der Waals surface area contributed by atoms with Gasteiger partial charge in [0.05, 0.1) is 6.04 Å². The van der Waals surface area contributed by atoms with Crippen LogP contribution in [0.5, 0.6) is 0 Å². The summed E-state index contributed by atoms with van der Waals surface area (Å²) in [5.41, 5.74) is 1.64. The first-order valence-electron chi connectivity index (χ1n) is 6.95. The number of amides is 1. The van der Waals surface area contributed by atoms with E-state index < -0.39 is 5.91 Å². The molecule has 1 aliphatic rings. The summed E-state index contributed by atoms with van der Waals surface area (Å²) in [6.07, 6.45) is 2.09. The number of aromatic nitrogens is 2. The lowest BCUT2D eigenvalue weighted by atomic mass is 10.0. The van der Waals surface area contributed by atoms with Crippen molar-refractivity contribution < 1.29 is 13.7 Å². The maximum Gasteiger partial charge on any atom is 0.315 e. The van der Waals surface area contributed by atoms with E-state index in [1.165, 1.54) is 12.1 Å². The first kappa shape index (κ1) is 13.7. The van der Waals surface area contributed by atoms with Crippen molar-refractivity contribution in [1.29, 1.82) is 0 Å². The minimum absolute atomic E-state index is 0.0245. The summed E-state index contributed by atoms with van der Waals surface area (Å²) in [6.45, 7) is 3.63. The molecule has 1 atom stereocenters. The predicted molar refractivity (Wildman–Crippen MR) is 73.3 cm³/mol. The Kier molecular flexibility index (Phi) is 3.45. The lowest BCUT2D eigenvalue weighted by Crippen LogP contribution is -2.27. The lowest BCUT2D eigenvalue weighted by molar-refractivity contribution is 0.0895. The van der Waals surface area contributed by atoms with Gasteiger partial charge in [0.25, 0.3) is 0 Å². The molecule has 1 aromatic heterocycles. The largest absolute Gasteiger partial charge is 0.341 e. The van der Waals surface area contributed by atoms with Gasteiger partial charge < -0.3 is 9.84 Å². The second kappa shape index (κ2) is 5.27. The summed E-state index contributed by atoms with van der Waals surface area (Å²) >= 11 is 0. The molecule has 0 spiro atoms. The number of rotatable bonds is 4. The van der Waals surface area contributed by atoms with E-state index in [0.29, 0.717) is 11.7 Å². The van der Waals surface area contributed by atoms with E-state index in [1.54, 1.807) is 13.0 Å². The summed E-state index contributed by atoms with van der Waals surface area (Å²) in [5, 5.41) is 6.60. The first-order valence-corrected chi connectivity index (χ1v) is 6.95. The van der Waals surface area contributed by atoms with Crippen LogP contribution in [0.1, 0.15) is 59.4 Å². The number of aryl methyl sites for hydroxylation is 1. The van der Waals surface area contributed by atoms with Crippen molar-refractivity contribution in [2.45, 2.75) is 38.6 Å². The Morgan fingerprint density at radius 1 is 1.48 bits per heavy atom. The molecule has 1 N–H and O–H groups in total. The highest BCUT2D eigenvalue weighted by Gasteiger charge is 2.30. The number of benzene rings is 1. The molecule has 0 bridgehead atoms. The monoisotopic (exact) mass is 289 g/mol. The van der Waals surface area contributed by atoms with Crippen LogP contribution >= 0.6 is 0 Å². The third-order valence-corrected chi connectivity index (χ3v) is 3.62. The van der Waals surface area contributed by atoms with E-state index in [-0.39, 0.29) is 17.7 Å². The first-order chi connectivity index (χ1) is 10.0. The molecular weight excluding hydrogens is 273 g/mol. The van der Waals surface area contributed by atoms with Gasteiger partial charge in [-0.2, -0.15) is 4.98 Å². The summed E-state index contributed by atoms with van der Waals surface area (Å²) in [4.78, 5) is 16.2. The topological polar surface area (TPSA) is 68.0 Å². The second-order valence-corrected chi connectivity index (χ2v) is 5.43. The van der Waals surface area contributed by atoms with Crippen molar-refractivity contribution in [1.82, 2.24) is 15.5 Å². The fourth-order valence-corrected chi connectivity index (χ4v) is 2.30. The van der Waals surface area contributed by atoms with Crippen molar-refractivity contribution in [3.63, 3.8) is 0 Å². The quantitative estimate of drug-likeness (QED) is 0.939. The van der Waals surface area contributed by atoms with Gasteiger partial charge in [-0.3, -0.25) is 4.79 Å². The zero-order chi connectivity index (χ0) is 15.0. The van der Waals surface area contributed by atoms with E-state index in [9.17, 15) is 9.18 Å². The molecule has 0 unspecified atom stereocenters. The molecule has 2 aromatic rings. The van der Waals surface area contributed by atoms with Gasteiger partial charge in [0, 0.05) is 5.92 Å². The van der Waals surface area contributed by atoms with Crippen molar-refractivity contribution in [2.24, 2.45) is 0 Å². The third-order valence-electron chi connectivity index (χ3n) is 3.62. The predicted octanol–water partition coefficient (Wildman–Crippen LogP) is 2.89. The van der Waals surface area contributed by atoms with Gasteiger partial charge in [-0.05, 0) is 49.9 Å². The number of nitrogens with zero attached hydrogens (tertiary/aromatic N) is 2. The maximum atomic E-state index is 13.1. The summed E-state index contributed by atoms with van der Waals surface area (Å²) in [7, 11) is 0. The van der Waals surface area contributed by atoms with Crippen molar-refractivity contribution in [3.05, 3.63) is 46.9 Å². The Labute approximate surface area is 121 Å². The van der Waals surface area contributed by atoms with Crippen molar-refractivity contribution >= 4 is 5.91 Å². The van der Waals surface area contributed by atoms with Crippen LogP contribution < -0.4 is 5.32 Å². The molecule has 0 radical (unpaired) electrons. The molecule has 1 amide bonds. The van der Waals surface area contributed by atoms with Crippen LogP contribution in [-0.4, -0.2) is 16.0 Å². The molecule has 110 valence electrons. The van der Waals surface area contributed by atoms with Crippen LogP contribution in [0.2, 0.25) is 0 Å². The molecule has 1 saturated carbocycles. The molecule has 1 aromatic carbocycles. The molecule has 1 fully saturated rings. The second-order valence-electron chi connectivity index (χ2n) is 5.43. The number of halogens is 1. The van der Waals surface area contributed by atoms with Gasteiger partial charge in [-0.1, -0.05) is 11.2 Å². The molecular formula is C15H16FN3O2. The highest BCUT2D eigenvalue weighted by molar-refractivity contribution is 5.89. The van der Waals surface area contributed by atoms with Crippen LogP contribution in [-0.2, 0) is 0 Å². The minimum atomic E-state index is -0.411. The van der Waals surface area contributed by atoms with E-state index in [0.717, 1.165) is 24.0 Å². The Morgan fingerprint density at radius 3 is 2.90 bits per heavy atom. The van der Waals surface area contributed by atoms with E-state index in [4.69, 9.17) is 4.52 Å². The van der Waals surface area contributed by atoms with Crippen LogP contribution in [0.25, 0.3) is 0 Å². The van der Waals surface area contributed by atoms with Gasteiger partial charge in [-0.15, -0.1) is 0 Å².